The van der Waals surface area contributed by atoms with Crippen LogP contribution in [-0.4, -0.2) is 14.8 Å². The van der Waals surface area contributed by atoms with Crippen LogP contribution in [0.25, 0.3) is 32.2 Å². The van der Waals surface area contributed by atoms with Crippen LogP contribution in [0.2, 0.25) is 0 Å². The summed E-state index contributed by atoms with van der Waals surface area (Å²) in [5.74, 6) is 0. The molecule has 3 nitrogen and oxygen atoms in total. The Balaban J connectivity index is 1.74. The van der Waals surface area contributed by atoms with Gasteiger partial charge in [-0.25, -0.2) is 4.98 Å². The highest BCUT2D eigenvalue weighted by molar-refractivity contribution is 7.19. The largest absolute Gasteiger partial charge is 0.273 e. The van der Waals surface area contributed by atoms with Crippen molar-refractivity contribution in [1.82, 2.24) is 14.8 Å². The van der Waals surface area contributed by atoms with Gasteiger partial charge in [-0.15, -0.1) is 11.3 Å². The van der Waals surface area contributed by atoms with Gasteiger partial charge in [-0.05, 0) is 42.0 Å². The summed E-state index contributed by atoms with van der Waals surface area (Å²) in [6.45, 7) is 2.24. The maximum atomic E-state index is 4.48. The van der Waals surface area contributed by atoms with Crippen LogP contribution in [0.3, 0.4) is 0 Å². The van der Waals surface area contributed by atoms with Gasteiger partial charge >= 0.3 is 0 Å². The van der Waals surface area contributed by atoms with E-state index in [-0.39, 0.29) is 0 Å². The summed E-state index contributed by atoms with van der Waals surface area (Å²) >= 11 is 1.92. The zero-order valence-corrected chi connectivity index (χ0v) is 14.2. The van der Waals surface area contributed by atoms with Gasteiger partial charge < -0.3 is 0 Å². The van der Waals surface area contributed by atoms with Crippen molar-refractivity contribution in [1.29, 1.82) is 0 Å². The fraction of sp³-hybridized carbons (Fsp3) is 0.263. The first-order valence-corrected chi connectivity index (χ1v) is 8.87. The molecule has 1 aromatic carbocycles. The molecule has 0 atom stereocenters. The number of thiophene rings is 1. The zero-order chi connectivity index (χ0) is 15.8. The summed E-state index contributed by atoms with van der Waals surface area (Å²) < 4.78 is 3.17. The number of hydrogen-bond acceptors (Lipinski definition) is 3. The SMILES string of the molecule is CCCCc1cc2ccc(-c3cnc4nn(C)cc4c3)cc2s1. The summed E-state index contributed by atoms with van der Waals surface area (Å²) in [5, 5.41) is 6.77. The summed E-state index contributed by atoms with van der Waals surface area (Å²) in [4.78, 5) is 5.96. The lowest BCUT2D eigenvalue weighted by molar-refractivity contribution is 0.776. The summed E-state index contributed by atoms with van der Waals surface area (Å²) in [6, 6.07) is 11.2. The first-order valence-electron chi connectivity index (χ1n) is 8.05. The zero-order valence-electron chi connectivity index (χ0n) is 13.4. The molecule has 0 aliphatic carbocycles. The first kappa shape index (κ1) is 14.4. The van der Waals surface area contributed by atoms with Crippen LogP contribution < -0.4 is 0 Å². The molecule has 0 saturated heterocycles. The highest BCUT2D eigenvalue weighted by Crippen LogP contribution is 2.31. The molecule has 0 aliphatic heterocycles. The number of rotatable bonds is 4. The van der Waals surface area contributed by atoms with Gasteiger partial charge in [0.25, 0.3) is 0 Å². The molecule has 0 unspecified atom stereocenters. The topological polar surface area (TPSA) is 30.7 Å². The smallest absolute Gasteiger partial charge is 0.181 e. The van der Waals surface area contributed by atoms with Crippen LogP contribution >= 0.6 is 11.3 Å². The average molecular weight is 321 g/mol. The Labute approximate surface area is 139 Å². The second-order valence-electron chi connectivity index (χ2n) is 6.01. The van der Waals surface area contributed by atoms with Crippen molar-refractivity contribution < 1.29 is 0 Å². The number of benzene rings is 1. The molecule has 0 aliphatic rings. The number of pyridine rings is 1. The van der Waals surface area contributed by atoms with Crippen LogP contribution in [0.15, 0.2) is 42.7 Å². The van der Waals surface area contributed by atoms with Crippen LogP contribution in [0.5, 0.6) is 0 Å². The van der Waals surface area contributed by atoms with Crippen molar-refractivity contribution in [3.05, 3.63) is 47.6 Å². The van der Waals surface area contributed by atoms with Crippen molar-refractivity contribution in [3.8, 4) is 11.1 Å². The van der Waals surface area contributed by atoms with Crippen LogP contribution in [-0.2, 0) is 13.5 Å². The first-order chi connectivity index (χ1) is 11.2. The normalized spacial score (nSPS) is 11.6. The highest BCUT2D eigenvalue weighted by atomic mass is 32.1. The van der Waals surface area contributed by atoms with Gasteiger partial charge in [-0.2, -0.15) is 5.10 Å². The molecular weight excluding hydrogens is 302 g/mol. The average Bonchev–Trinajstić information content (AvgIpc) is 3.12. The molecule has 4 heteroatoms. The number of nitrogens with zero attached hydrogens (tertiary/aromatic N) is 3. The molecule has 4 aromatic rings. The van der Waals surface area contributed by atoms with E-state index in [2.05, 4.69) is 47.3 Å². The Kier molecular flexibility index (Phi) is 3.62. The Morgan fingerprint density at radius 2 is 2.00 bits per heavy atom. The summed E-state index contributed by atoms with van der Waals surface area (Å²) in [7, 11) is 1.93. The van der Waals surface area contributed by atoms with Gasteiger partial charge in [0.1, 0.15) is 0 Å². The van der Waals surface area contributed by atoms with Crippen molar-refractivity contribution in [3.63, 3.8) is 0 Å². The summed E-state index contributed by atoms with van der Waals surface area (Å²) in [5.41, 5.74) is 3.17. The number of fused-ring (bicyclic) bond motifs is 2. The number of aryl methyl sites for hydroxylation is 2. The van der Waals surface area contributed by atoms with E-state index in [0.717, 1.165) is 16.6 Å². The second kappa shape index (κ2) is 5.78. The van der Waals surface area contributed by atoms with Gasteiger partial charge in [-0.1, -0.05) is 25.5 Å². The molecule has 0 fully saturated rings. The molecule has 3 aromatic heterocycles. The van der Waals surface area contributed by atoms with E-state index < -0.39 is 0 Å². The molecule has 0 amide bonds. The summed E-state index contributed by atoms with van der Waals surface area (Å²) in [6.07, 6.45) is 7.63. The predicted molar refractivity (Wildman–Crippen MR) is 97.9 cm³/mol. The van der Waals surface area contributed by atoms with Gasteiger partial charge in [0.15, 0.2) is 5.65 Å². The minimum Gasteiger partial charge on any atom is -0.273 e. The van der Waals surface area contributed by atoms with Gasteiger partial charge in [0.05, 0.1) is 0 Å². The van der Waals surface area contributed by atoms with Crippen molar-refractivity contribution in [2.75, 3.05) is 0 Å². The molecule has 3 heterocycles. The lowest BCUT2D eigenvalue weighted by Crippen LogP contribution is -1.86. The number of unbranched alkanes of at least 4 members (excludes halogenated alkanes) is 1. The minimum atomic E-state index is 0.801. The predicted octanol–water partition coefficient (Wildman–Crippen LogP) is 5.19. The Hall–Kier alpha value is -2.20. The quantitative estimate of drug-likeness (QED) is 0.517. The minimum absolute atomic E-state index is 0.801. The maximum absolute atomic E-state index is 4.48. The molecule has 0 radical (unpaired) electrons. The van der Waals surface area contributed by atoms with Crippen LogP contribution in [0.1, 0.15) is 24.6 Å². The third-order valence-corrected chi connectivity index (χ3v) is 5.31. The van der Waals surface area contributed by atoms with E-state index >= 15 is 0 Å². The van der Waals surface area contributed by atoms with Gasteiger partial charge in [-0.3, -0.25) is 4.68 Å². The fourth-order valence-electron chi connectivity index (χ4n) is 2.93. The number of hydrogen-bond donors (Lipinski definition) is 0. The van der Waals surface area contributed by atoms with Gasteiger partial charge in [0, 0.05) is 40.0 Å². The third-order valence-electron chi connectivity index (χ3n) is 4.15. The molecule has 0 bridgehead atoms. The van der Waals surface area contributed by atoms with Crippen molar-refractivity contribution in [2.24, 2.45) is 7.05 Å². The Morgan fingerprint density at radius 3 is 2.87 bits per heavy atom. The van der Waals surface area contributed by atoms with E-state index in [0.29, 0.717) is 0 Å². The Morgan fingerprint density at radius 1 is 1.09 bits per heavy atom. The monoisotopic (exact) mass is 321 g/mol. The second-order valence-corrected chi connectivity index (χ2v) is 7.18. The molecular formula is C19H19N3S. The van der Waals surface area contributed by atoms with E-state index in [9.17, 15) is 0 Å². The maximum Gasteiger partial charge on any atom is 0.181 e. The van der Waals surface area contributed by atoms with Crippen molar-refractivity contribution in [2.45, 2.75) is 26.2 Å². The fourth-order valence-corrected chi connectivity index (χ4v) is 4.08. The van der Waals surface area contributed by atoms with Crippen molar-refractivity contribution >= 4 is 32.5 Å². The van der Waals surface area contributed by atoms with E-state index in [1.807, 2.05) is 35.5 Å². The standard InChI is InChI=1S/C19H19N3S/c1-3-4-5-17-9-14-7-6-13(10-18(14)23-17)15-8-16-12-22(2)21-19(16)20-11-15/h6-12H,3-5H2,1-2H3. The van der Waals surface area contributed by atoms with E-state index in [1.165, 1.54) is 39.8 Å². The highest BCUT2D eigenvalue weighted by Gasteiger charge is 2.07. The lowest BCUT2D eigenvalue weighted by atomic mass is 10.1. The van der Waals surface area contributed by atoms with E-state index in [4.69, 9.17) is 0 Å². The van der Waals surface area contributed by atoms with Gasteiger partial charge in [0.2, 0.25) is 0 Å². The van der Waals surface area contributed by atoms with Crippen LogP contribution in [0, 0.1) is 0 Å². The molecule has 0 spiro atoms. The molecule has 23 heavy (non-hydrogen) atoms. The molecule has 0 N–H and O–H groups in total. The van der Waals surface area contributed by atoms with E-state index in [1.54, 1.807) is 0 Å². The lowest BCUT2D eigenvalue weighted by Gasteiger charge is -2.01. The molecule has 116 valence electrons. The van der Waals surface area contributed by atoms with Crippen LogP contribution in [0.4, 0.5) is 0 Å². The third kappa shape index (κ3) is 2.75. The Bertz CT molecular complexity index is 981. The molecule has 0 saturated carbocycles. The molecule has 4 rings (SSSR count). The number of aromatic nitrogens is 3.